The van der Waals surface area contributed by atoms with Crippen molar-refractivity contribution >= 4 is 28.2 Å². The fraction of sp³-hybridized carbons (Fsp3) is 0.0556. The van der Waals surface area contributed by atoms with Crippen molar-refractivity contribution in [3.05, 3.63) is 82.1 Å². The van der Waals surface area contributed by atoms with Gasteiger partial charge in [0.25, 0.3) is 0 Å². The summed E-state index contributed by atoms with van der Waals surface area (Å²) in [6.07, 6.45) is 0. The maximum Gasteiger partial charge on any atom is 0.193 e. The molecule has 0 aliphatic rings. The normalized spacial score (nSPS) is 10.8. The van der Waals surface area contributed by atoms with Gasteiger partial charge in [-0.1, -0.05) is 41.9 Å². The van der Waals surface area contributed by atoms with E-state index < -0.39 is 0 Å². The van der Waals surface area contributed by atoms with Gasteiger partial charge in [-0.3, -0.25) is 4.79 Å². The third-order valence-electron chi connectivity index (χ3n) is 3.56. The summed E-state index contributed by atoms with van der Waals surface area (Å²) in [6.45, 7) is 1.86. The van der Waals surface area contributed by atoms with Crippen molar-refractivity contribution in [2.24, 2.45) is 0 Å². The summed E-state index contributed by atoms with van der Waals surface area (Å²) in [6, 6.07) is 15.0. The number of carbonyl (C=O) groups excluding carboxylic acids is 1. The van der Waals surface area contributed by atoms with Gasteiger partial charge in [0.1, 0.15) is 5.82 Å². The van der Waals surface area contributed by atoms with Gasteiger partial charge in [0.2, 0.25) is 0 Å². The van der Waals surface area contributed by atoms with Crippen LogP contribution in [0.4, 0.5) is 4.39 Å². The topological polar surface area (TPSA) is 17.1 Å². The van der Waals surface area contributed by atoms with Crippen LogP contribution in [0.1, 0.15) is 21.5 Å². The van der Waals surface area contributed by atoms with Crippen molar-refractivity contribution in [1.29, 1.82) is 0 Å². The molecule has 0 saturated carbocycles. The third-order valence-corrected chi connectivity index (χ3v) is 3.79. The standard InChI is InChI=1S/C18H12ClFO/c1-11-6-7-12(19)10-16(11)18(21)15-8-9-17(20)14-5-3-2-4-13(14)15/h2-10H,1H3. The van der Waals surface area contributed by atoms with Crippen molar-refractivity contribution in [3.8, 4) is 0 Å². The summed E-state index contributed by atoms with van der Waals surface area (Å²) in [7, 11) is 0. The summed E-state index contributed by atoms with van der Waals surface area (Å²) in [5.74, 6) is -0.476. The molecule has 0 aliphatic carbocycles. The second-order valence-electron chi connectivity index (χ2n) is 4.93. The van der Waals surface area contributed by atoms with Gasteiger partial charge in [-0.15, -0.1) is 0 Å². The SMILES string of the molecule is Cc1ccc(Cl)cc1C(=O)c1ccc(F)c2ccccc12. The molecule has 3 aromatic carbocycles. The number of hydrogen-bond acceptors (Lipinski definition) is 1. The van der Waals surface area contributed by atoms with Gasteiger partial charge >= 0.3 is 0 Å². The Morgan fingerprint density at radius 3 is 2.43 bits per heavy atom. The lowest BCUT2D eigenvalue weighted by molar-refractivity contribution is 0.103. The third kappa shape index (κ3) is 2.43. The van der Waals surface area contributed by atoms with E-state index in [0.717, 1.165) is 5.56 Å². The van der Waals surface area contributed by atoms with Gasteiger partial charge in [0.05, 0.1) is 0 Å². The smallest absolute Gasteiger partial charge is 0.193 e. The minimum absolute atomic E-state index is 0.147. The quantitative estimate of drug-likeness (QED) is 0.596. The molecule has 3 heteroatoms. The average Bonchev–Trinajstić information content (AvgIpc) is 2.50. The molecule has 0 aliphatic heterocycles. The van der Waals surface area contributed by atoms with Gasteiger partial charge in [-0.2, -0.15) is 0 Å². The average molecular weight is 299 g/mol. The molecule has 0 amide bonds. The van der Waals surface area contributed by atoms with Crippen molar-refractivity contribution in [2.75, 3.05) is 0 Å². The van der Waals surface area contributed by atoms with Crippen molar-refractivity contribution < 1.29 is 9.18 Å². The summed E-state index contributed by atoms with van der Waals surface area (Å²) in [4.78, 5) is 12.8. The van der Waals surface area contributed by atoms with Crippen molar-refractivity contribution in [2.45, 2.75) is 6.92 Å². The van der Waals surface area contributed by atoms with E-state index in [1.54, 1.807) is 42.5 Å². The molecule has 1 nitrogen and oxygen atoms in total. The van der Waals surface area contributed by atoms with E-state index in [1.165, 1.54) is 12.1 Å². The fourth-order valence-corrected chi connectivity index (χ4v) is 2.62. The van der Waals surface area contributed by atoms with Crippen LogP contribution in [0, 0.1) is 12.7 Å². The number of rotatable bonds is 2. The van der Waals surface area contributed by atoms with Crippen LogP contribution < -0.4 is 0 Å². The molecular formula is C18H12ClFO. The Balaban J connectivity index is 2.23. The molecule has 0 aromatic heterocycles. The van der Waals surface area contributed by atoms with Crippen LogP contribution in [-0.2, 0) is 0 Å². The number of hydrogen-bond donors (Lipinski definition) is 0. The zero-order valence-electron chi connectivity index (χ0n) is 11.4. The second kappa shape index (κ2) is 5.30. The Morgan fingerprint density at radius 2 is 1.67 bits per heavy atom. The van der Waals surface area contributed by atoms with E-state index in [0.29, 0.717) is 26.9 Å². The first-order valence-electron chi connectivity index (χ1n) is 6.56. The molecule has 0 unspecified atom stereocenters. The first-order valence-corrected chi connectivity index (χ1v) is 6.94. The lowest BCUT2D eigenvalue weighted by atomic mass is 9.95. The Morgan fingerprint density at radius 1 is 0.952 bits per heavy atom. The summed E-state index contributed by atoms with van der Waals surface area (Å²) in [5, 5.41) is 1.57. The minimum Gasteiger partial charge on any atom is -0.289 e. The lowest BCUT2D eigenvalue weighted by Gasteiger charge is -2.09. The zero-order valence-corrected chi connectivity index (χ0v) is 12.1. The number of carbonyl (C=O) groups is 1. The van der Waals surface area contributed by atoms with Gasteiger partial charge < -0.3 is 0 Å². The molecule has 0 radical (unpaired) electrons. The Hall–Kier alpha value is -2.19. The van der Waals surface area contributed by atoms with Gasteiger partial charge in [-0.05, 0) is 42.1 Å². The van der Waals surface area contributed by atoms with Crippen LogP contribution in [0.5, 0.6) is 0 Å². The Labute approximate surface area is 127 Å². The highest BCUT2D eigenvalue weighted by Gasteiger charge is 2.16. The molecule has 0 atom stereocenters. The van der Waals surface area contributed by atoms with Crippen LogP contribution >= 0.6 is 11.6 Å². The highest BCUT2D eigenvalue weighted by Crippen LogP contribution is 2.26. The predicted molar refractivity (Wildman–Crippen MR) is 83.5 cm³/mol. The molecule has 0 heterocycles. The van der Waals surface area contributed by atoms with E-state index in [9.17, 15) is 9.18 Å². The molecule has 3 aromatic rings. The monoisotopic (exact) mass is 298 g/mol. The zero-order chi connectivity index (χ0) is 15.0. The molecule has 21 heavy (non-hydrogen) atoms. The highest BCUT2D eigenvalue weighted by atomic mass is 35.5. The maximum atomic E-state index is 13.8. The van der Waals surface area contributed by atoms with Crippen molar-refractivity contribution in [3.63, 3.8) is 0 Å². The van der Waals surface area contributed by atoms with E-state index in [2.05, 4.69) is 0 Å². The maximum absolute atomic E-state index is 13.8. The number of aryl methyl sites for hydroxylation is 1. The highest BCUT2D eigenvalue weighted by molar-refractivity contribution is 6.31. The van der Waals surface area contributed by atoms with Crippen LogP contribution in [-0.4, -0.2) is 5.78 Å². The Bertz CT molecular complexity index is 855. The van der Waals surface area contributed by atoms with Gasteiger partial charge in [0.15, 0.2) is 5.78 Å². The minimum atomic E-state index is -0.329. The molecule has 0 N–H and O–H groups in total. The van der Waals surface area contributed by atoms with E-state index >= 15 is 0 Å². The first-order chi connectivity index (χ1) is 10.1. The van der Waals surface area contributed by atoms with Crippen LogP contribution in [0.3, 0.4) is 0 Å². The first kappa shape index (κ1) is 13.8. The number of benzene rings is 3. The van der Waals surface area contributed by atoms with Gasteiger partial charge in [-0.25, -0.2) is 4.39 Å². The largest absolute Gasteiger partial charge is 0.289 e. The summed E-state index contributed by atoms with van der Waals surface area (Å²) in [5.41, 5.74) is 1.87. The van der Waals surface area contributed by atoms with E-state index in [-0.39, 0.29) is 11.6 Å². The molecule has 0 fully saturated rings. The summed E-state index contributed by atoms with van der Waals surface area (Å²) >= 11 is 5.98. The molecule has 0 saturated heterocycles. The fourth-order valence-electron chi connectivity index (χ4n) is 2.44. The lowest BCUT2D eigenvalue weighted by Crippen LogP contribution is -2.05. The van der Waals surface area contributed by atoms with Gasteiger partial charge in [0, 0.05) is 21.5 Å². The van der Waals surface area contributed by atoms with Crippen LogP contribution in [0.2, 0.25) is 5.02 Å². The number of halogens is 2. The molecule has 0 bridgehead atoms. The molecule has 3 rings (SSSR count). The molecule has 0 spiro atoms. The number of fused-ring (bicyclic) bond motifs is 1. The Kier molecular flexibility index (Phi) is 3.48. The summed E-state index contributed by atoms with van der Waals surface area (Å²) < 4.78 is 13.8. The van der Waals surface area contributed by atoms with Crippen LogP contribution in [0.25, 0.3) is 10.8 Å². The van der Waals surface area contributed by atoms with Crippen LogP contribution in [0.15, 0.2) is 54.6 Å². The van der Waals surface area contributed by atoms with Crippen molar-refractivity contribution in [1.82, 2.24) is 0 Å². The molecule has 104 valence electrons. The predicted octanol–water partition coefficient (Wildman–Crippen LogP) is 5.17. The number of ketones is 1. The van der Waals surface area contributed by atoms with E-state index in [1.807, 2.05) is 6.92 Å². The molecular weight excluding hydrogens is 287 g/mol. The van der Waals surface area contributed by atoms with E-state index in [4.69, 9.17) is 11.6 Å². The second-order valence-corrected chi connectivity index (χ2v) is 5.37.